The second-order valence-corrected chi connectivity index (χ2v) is 6.75. The molecule has 0 unspecified atom stereocenters. The molecule has 1 N–H and O–H groups in total. The van der Waals surface area contributed by atoms with E-state index in [2.05, 4.69) is 35.3 Å². The van der Waals surface area contributed by atoms with Crippen LogP contribution >= 0.6 is 0 Å². The van der Waals surface area contributed by atoms with Crippen LogP contribution in [0.1, 0.15) is 43.4 Å². The van der Waals surface area contributed by atoms with E-state index in [1.807, 2.05) is 0 Å². The fourth-order valence-electron chi connectivity index (χ4n) is 4.55. The molecule has 0 saturated carbocycles. The van der Waals surface area contributed by atoms with Crippen molar-refractivity contribution in [2.45, 2.75) is 44.7 Å². The average Bonchev–Trinajstić information content (AvgIpc) is 2.53. The van der Waals surface area contributed by atoms with Gasteiger partial charge < -0.3 is 10.1 Å². The van der Waals surface area contributed by atoms with Crippen LogP contribution < -0.4 is 10.1 Å². The molecule has 0 bridgehead atoms. The molecule has 1 aromatic carbocycles. The molecule has 3 heterocycles. The van der Waals surface area contributed by atoms with E-state index in [0.717, 1.165) is 24.3 Å². The minimum Gasteiger partial charge on any atom is -0.494 e. The van der Waals surface area contributed by atoms with Crippen molar-refractivity contribution in [2.75, 3.05) is 26.2 Å². The molecule has 3 aliphatic heterocycles. The van der Waals surface area contributed by atoms with Crippen molar-refractivity contribution < 1.29 is 4.74 Å². The molecule has 0 amide bonds. The molecular formula is C18H26N2O. The third-order valence-corrected chi connectivity index (χ3v) is 5.57. The molecule has 2 saturated heterocycles. The quantitative estimate of drug-likeness (QED) is 0.905. The van der Waals surface area contributed by atoms with Gasteiger partial charge in [-0.2, -0.15) is 0 Å². The Labute approximate surface area is 127 Å². The van der Waals surface area contributed by atoms with Gasteiger partial charge in [0.15, 0.2) is 0 Å². The van der Waals surface area contributed by atoms with Gasteiger partial charge in [-0.1, -0.05) is 6.07 Å². The van der Waals surface area contributed by atoms with E-state index >= 15 is 0 Å². The maximum absolute atomic E-state index is 5.67. The Morgan fingerprint density at radius 2 is 2.33 bits per heavy atom. The van der Waals surface area contributed by atoms with Crippen molar-refractivity contribution >= 4 is 0 Å². The van der Waals surface area contributed by atoms with Gasteiger partial charge in [-0.05, 0) is 68.3 Å². The largest absolute Gasteiger partial charge is 0.494 e. The lowest BCUT2D eigenvalue weighted by Crippen LogP contribution is -2.54. The monoisotopic (exact) mass is 286 g/mol. The first kappa shape index (κ1) is 13.6. The summed E-state index contributed by atoms with van der Waals surface area (Å²) in [6.45, 7) is 6.52. The van der Waals surface area contributed by atoms with Crippen LogP contribution in [0.3, 0.4) is 0 Å². The lowest BCUT2D eigenvalue weighted by Gasteiger charge is -2.49. The zero-order valence-electron chi connectivity index (χ0n) is 13.0. The van der Waals surface area contributed by atoms with Crippen molar-refractivity contribution in [3.05, 3.63) is 29.3 Å². The Morgan fingerprint density at radius 1 is 1.38 bits per heavy atom. The van der Waals surface area contributed by atoms with E-state index in [-0.39, 0.29) is 0 Å². The van der Waals surface area contributed by atoms with Crippen molar-refractivity contribution in [3.8, 4) is 5.75 Å². The number of rotatable bonds is 2. The van der Waals surface area contributed by atoms with Crippen LogP contribution in [0.4, 0.5) is 0 Å². The van der Waals surface area contributed by atoms with E-state index < -0.39 is 0 Å². The van der Waals surface area contributed by atoms with Gasteiger partial charge in [-0.3, -0.25) is 4.90 Å². The van der Waals surface area contributed by atoms with E-state index in [1.54, 1.807) is 5.56 Å². The van der Waals surface area contributed by atoms with E-state index in [4.69, 9.17) is 4.74 Å². The fourth-order valence-corrected chi connectivity index (χ4v) is 4.55. The summed E-state index contributed by atoms with van der Waals surface area (Å²) in [5, 5.41) is 3.77. The number of piperidine rings is 2. The minimum absolute atomic E-state index is 0.622. The summed E-state index contributed by atoms with van der Waals surface area (Å²) in [7, 11) is 0. The van der Waals surface area contributed by atoms with Crippen molar-refractivity contribution in [3.63, 3.8) is 0 Å². The lowest BCUT2D eigenvalue weighted by atomic mass is 9.77. The number of fused-ring (bicyclic) bond motifs is 4. The molecule has 1 aromatic rings. The minimum atomic E-state index is 0.622. The summed E-state index contributed by atoms with van der Waals surface area (Å²) in [5.41, 5.74) is 3.06. The van der Waals surface area contributed by atoms with Gasteiger partial charge in [-0.25, -0.2) is 0 Å². The fraction of sp³-hybridized carbons (Fsp3) is 0.667. The highest BCUT2D eigenvalue weighted by Gasteiger charge is 2.39. The number of ether oxygens (including phenoxy) is 1. The Bertz CT molecular complexity index is 516. The lowest BCUT2D eigenvalue weighted by molar-refractivity contribution is 0.0551. The Hall–Kier alpha value is -1.06. The number of hydrogen-bond acceptors (Lipinski definition) is 3. The molecule has 4 rings (SSSR count). The first-order valence-electron chi connectivity index (χ1n) is 8.58. The van der Waals surface area contributed by atoms with Gasteiger partial charge in [0.1, 0.15) is 5.75 Å². The second kappa shape index (κ2) is 5.62. The second-order valence-electron chi connectivity index (χ2n) is 6.75. The van der Waals surface area contributed by atoms with Crippen molar-refractivity contribution in [1.82, 2.24) is 10.2 Å². The third kappa shape index (κ3) is 2.47. The molecular weight excluding hydrogens is 260 g/mol. The topological polar surface area (TPSA) is 24.5 Å². The van der Waals surface area contributed by atoms with E-state index in [0.29, 0.717) is 6.04 Å². The summed E-state index contributed by atoms with van der Waals surface area (Å²) in [5.74, 6) is 1.91. The van der Waals surface area contributed by atoms with Gasteiger partial charge in [0.2, 0.25) is 0 Å². The maximum Gasteiger partial charge on any atom is 0.119 e. The van der Waals surface area contributed by atoms with Crippen LogP contribution in [0.2, 0.25) is 0 Å². The van der Waals surface area contributed by atoms with Crippen LogP contribution in [0.5, 0.6) is 5.75 Å². The molecule has 3 nitrogen and oxygen atoms in total. The molecule has 0 radical (unpaired) electrons. The van der Waals surface area contributed by atoms with Gasteiger partial charge in [-0.15, -0.1) is 0 Å². The average molecular weight is 286 g/mol. The van der Waals surface area contributed by atoms with Gasteiger partial charge >= 0.3 is 0 Å². The van der Waals surface area contributed by atoms with Crippen molar-refractivity contribution in [2.24, 2.45) is 5.92 Å². The first-order chi connectivity index (χ1) is 10.3. The summed E-state index contributed by atoms with van der Waals surface area (Å²) in [6.07, 6.45) is 5.23. The standard InChI is InChI=1S/C18H26N2O/c1-2-21-15-5-6-16-13(10-15)7-9-20-12-14-4-3-8-19-17(14)11-18(16)20/h5-6,10,14,17-19H,2-4,7-9,11-12H2,1H3/t14-,17+,18+/m0/s1. The maximum atomic E-state index is 5.67. The number of hydrogen-bond donors (Lipinski definition) is 1. The van der Waals surface area contributed by atoms with Crippen LogP contribution in [0.15, 0.2) is 18.2 Å². The molecule has 114 valence electrons. The molecule has 3 aliphatic rings. The summed E-state index contributed by atoms with van der Waals surface area (Å²) in [6, 6.07) is 8.11. The van der Waals surface area contributed by atoms with Crippen LogP contribution in [0.25, 0.3) is 0 Å². The summed E-state index contributed by atoms with van der Waals surface area (Å²) in [4.78, 5) is 2.73. The van der Waals surface area contributed by atoms with Gasteiger partial charge in [0.05, 0.1) is 6.61 Å². The van der Waals surface area contributed by atoms with Crippen LogP contribution in [-0.2, 0) is 6.42 Å². The van der Waals surface area contributed by atoms with Crippen LogP contribution in [0, 0.1) is 5.92 Å². The summed E-state index contributed by atoms with van der Waals surface area (Å²) >= 11 is 0. The number of nitrogens with zero attached hydrogens (tertiary/aromatic N) is 1. The smallest absolute Gasteiger partial charge is 0.119 e. The van der Waals surface area contributed by atoms with Gasteiger partial charge in [0, 0.05) is 25.2 Å². The highest BCUT2D eigenvalue weighted by Crippen LogP contribution is 2.41. The normalized spacial score (nSPS) is 32.0. The predicted molar refractivity (Wildman–Crippen MR) is 84.8 cm³/mol. The van der Waals surface area contributed by atoms with Crippen LogP contribution in [-0.4, -0.2) is 37.2 Å². The van der Waals surface area contributed by atoms with E-state index in [1.165, 1.54) is 50.9 Å². The molecule has 2 fully saturated rings. The number of benzene rings is 1. The Morgan fingerprint density at radius 3 is 3.24 bits per heavy atom. The predicted octanol–water partition coefficient (Wildman–Crippen LogP) is 2.76. The Kier molecular flexibility index (Phi) is 3.64. The van der Waals surface area contributed by atoms with Crippen molar-refractivity contribution in [1.29, 1.82) is 0 Å². The highest BCUT2D eigenvalue weighted by atomic mass is 16.5. The first-order valence-corrected chi connectivity index (χ1v) is 8.58. The molecule has 3 heteroatoms. The molecule has 0 aromatic heterocycles. The molecule has 0 spiro atoms. The number of nitrogens with one attached hydrogen (secondary N) is 1. The van der Waals surface area contributed by atoms with Gasteiger partial charge in [0.25, 0.3) is 0 Å². The molecule has 21 heavy (non-hydrogen) atoms. The molecule has 3 atom stereocenters. The highest BCUT2D eigenvalue weighted by molar-refractivity contribution is 5.39. The zero-order chi connectivity index (χ0) is 14.2. The van der Waals surface area contributed by atoms with E-state index in [9.17, 15) is 0 Å². The summed E-state index contributed by atoms with van der Waals surface area (Å²) < 4.78 is 5.67. The molecule has 0 aliphatic carbocycles. The SMILES string of the molecule is CCOc1ccc2c(c1)CCN1C[C@@H]3CCCN[C@@H]3C[C@H]21. The zero-order valence-corrected chi connectivity index (χ0v) is 13.0. The Balaban J connectivity index is 1.59. The third-order valence-electron chi connectivity index (χ3n) is 5.57.